The fourth-order valence-corrected chi connectivity index (χ4v) is 0.969. The minimum absolute atomic E-state index is 0.0810. The highest BCUT2D eigenvalue weighted by Crippen LogP contribution is 2.22. The van der Waals surface area contributed by atoms with E-state index in [9.17, 15) is 4.39 Å². The number of nitrogens with two attached hydrogens (primary N) is 1. The van der Waals surface area contributed by atoms with E-state index in [1.165, 1.54) is 12.6 Å². The van der Waals surface area contributed by atoms with Crippen molar-refractivity contribution in [2.24, 2.45) is 0 Å². The van der Waals surface area contributed by atoms with Crippen LogP contribution in [0.2, 0.25) is 0 Å². The molecule has 0 unspecified atom stereocenters. The molecule has 0 atom stereocenters. The lowest BCUT2D eigenvalue weighted by atomic mass is 10.3. The number of furan rings is 1. The Balaban J connectivity index is 2.59. The number of nitrogen functional groups attached to an aromatic ring is 1. The molecule has 0 spiro atoms. The van der Waals surface area contributed by atoms with Gasteiger partial charge in [-0.1, -0.05) is 0 Å². The van der Waals surface area contributed by atoms with Crippen LogP contribution in [-0.2, 0) is 0 Å². The third kappa shape index (κ3) is 1.24. The molecule has 0 aliphatic heterocycles. The van der Waals surface area contributed by atoms with Crippen molar-refractivity contribution in [1.29, 1.82) is 0 Å². The van der Waals surface area contributed by atoms with E-state index >= 15 is 0 Å². The molecule has 2 N–H and O–H groups in total. The van der Waals surface area contributed by atoms with Crippen LogP contribution in [0.1, 0.15) is 0 Å². The van der Waals surface area contributed by atoms with Gasteiger partial charge in [-0.15, -0.1) is 0 Å². The molecule has 5 heteroatoms. The Labute approximate surface area is 73.2 Å². The maximum absolute atomic E-state index is 13.3. The Morgan fingerprint density at radius 2 is 2.23 bits per heavy atom. The third-order valence-corrected chi connectivity index (χ3v) is 1.57. The average Bonchev–Trinajstić information content (AvgIpc) is 2.62. The number of halogens is 1. The van der Waals surface area contributed by atoms with Gasteiger partial charge in [0.15, 0.2) is 17.4 Å². The van der Waals surface area contributed by atoms with Gasteiger partial charge in [0.25, 0.3) is 0 Å². The van der Waals surface area contributed by atoms with Gasteiger partial charge in [-0.2, -0.15) is 0 Å². The monoisotopic (exact) mass is 179 g/mol. The van der Waals surface area contributed by atoms with Gasteiger partial charge in [0.2, 0.25) is 0 Å². The summed E-state index contributed by atoms with van der Waals surface area (Å²) in [5.41, 5.74) is 5.34. The molecule has 13 heavy (non-hydrogen) atoms. The van der Waals surface area contributed by atoms with Crippen molar-refractivity contribution in [1.82, 2.24) is 9.97 Å². The number of aromatic nitrogens is 2. The second-order valence-corrected chi connectivity index (χ2v) is 2.40. The van der Waals surface area contributed by atoms with Crippen molar-refractivity contribution in [3.05, 3.63) is 30.5 Å². The number of rotatable bonds is 1. The van der Waals surface area contributed by atoms with Gasteiger partial charge >= 0.3 is 0 Å². The molecule has 0 aromatic carbocycles. The van der Waals surface area contributed by atoms with Crippen molar-refractivity contribution in [3.8, 4) is 11.5 Å². The van der Waals surface area contributed by atoms with E-state index in [0.29, 0.717) is 5.76 Å². The first-order chi connectivity index (χ1) is 6.29. The summed E-state index contributed by atoms with van der Waals surface area (Å²) in [6.45, 7) is 0. The average molecular weight is 179 g/mol. The standard InChI is InChI=1S/C8H6FN3O/c9-6-7(5-2-1-3-13-5)11-4-12-8(6)10/h1-4H,(H2,10,11,12). The van der Waals surface area contributed by atoms with E-state index in [-0.39, 0.29) is 11.5 Å². The first-order valence-electron chi connectivity index (χ1n) is 3.59. The van der Waals surface area contributed by atoms with E-state index < -0.39 is 5.82 Å². The number of hydrogen-bond donors (Lipinski definition) is 1. The van der Waals surface area contributed by atoms with Crippen LogP contribution in [0.5, 0.6) is 0 Å². The van der Waals surface area contributed by atoms with Gasteiger partial charge in [-0.05, 0) is 12.1 Å². The quantitative estimate of drug-likeness (QED) is 0.719. The molecular weight excluding hydrogens is 173 g/mol. The summed E-state index contributed by atoms with van der Waals surface area (Å²) in [5.74, 6) is -0.495. The lowest BCUT2D eigenvalue weighted by Crippen LogP contribution is -1.98. The Morgan fingerprint density at radius 3 is 2.92 bits per heavy atom. The van der Waals surface area contributed by atoms with Gasteiger partial charge in [0.1, 0.15) is 12.0 Å². The fourth-order valence-electron chi connectivity index (χ4n) is 0.969. The zero-order valence-electron chi connectivity index (χ0n) is 6.57. The van der Waals surface area contributed by atoms with Gasteiger partial charge in [-0.3, -0.25) is 0 Å². The fraction of sp³-hybridized carbons (Fsp3) is 0. The van der Waals surface area contributed by atoms with Crippen molar-refractivity contribution < 1.29 is 8.81 Å². The van der Waals surface area contributed by atoms with Crippen LogP contribution in [0.3, 0.4) is 0 Å². The van der Waals surface area contributed by atoms with Crippen molar-refractivity contribution in [2.75, 3.05) is 5.73 Å². The van der Waals surface area contributed by atoms with Crippen LogP contribution in [0, 0.1) is 5.82 Å². The predicted octanol–water partition coefficient (Wildman–Crippen LogP) is 1.46. The smallest absolute Gasteiger partial charge is 0.194 e. The van der Waals surface area contributed by atoms with E-state index in [4.69, 9.17) is 10.2 Å². The summed E-state index contributed by atoms with van der Waals surface area (Å²) in [5, 5.41) is 0. The molecule has 4 nitrogen and oxygen atoms in total. The van der Waals surface area contributed by atoms with Crippen LogP contribution < -0.4 is 5.73 Å². The number of hydrogen-bond acceptors (Lipinski definition) is 4. The van der Waals surface area contributed by atoms with Crippen LogP contribution in [0.25, 0.3) is 11.5 Å². The molecule has 0 aliphatic carbocycles. The predicted molar refractivity (Wildman–Crippen MR) is 44.1 cm³/mol. The zero-order chi connectivity index (χ0) is 9.26. The van der Waals surface area contributed by atoms with E-state index in [0.717, 1.165) is 0 Å². The lowest BCUT2D eigenvalue weighted by Gasteiger charge is -1.98. The molecule has 0 radical (unpaired) electrons. The van der Waals surface area contributed by atoms with E-state index in [1.54, 1.807) is 12.1 Å². The van der Waals surface area contributed by atoms with Crippen LogP contribution in [0.15, 0.2) is 29.1 Å². The van der Waals surface area contributed by atoms with Gasteiger partial charge in [-0.25, -0.2) is 14.4 Å². The first-order valence-corrected chi connectivity index (χ1v) is 3.59. The van der Waals surface area contributed by atoms with Crippen LogP contribution in [-0.4, -0.2) is 9.97 Å². The Kier molecular flexibility index (Phi) is 1.70. The maximum atomic E-state index is 13.3. The molecule has 0 saturated carbocycles. The largest absolute Gasteiger partial charge is 0.463 e. The molecule has 0 bridgehead atoms. The summed E-state index contributed by atoms with van der Waals surface area (Å²) in [6, 6.07) is 3.25. The molecule has 66 valence electrons. The summed E-state index contributed by atoms with van der Waals surface area (Å²) in [7, 11) is 0. The Hall–Kier alpha value is -1.91. The van der Waals surface area contributed by atoms with E-state index in [2.05, 4.69) is 9.97 Å². The molecule has 2 aromatic rings. The topological polar surface area (TPSA) is 64.9 Å². The molecule has 0 saturated heterocycles. The van der Waals surface area contributed by atoms with Crippen molar-refractivity contribution in [3.63, 3.8) is 0 Å². The molecule has 0 aliphatic rings. The van der Waals surface area contributed by atoms with Gasteiger partial charge < -0.3 is 10.2 Å². The van der Waals surface area contributed by atoms with Crippen LogP contribution in [0.4, 0.5) is 10.2 Å². The zero-order valence-corrected chi connectivity index (χ0v) is 6.57. The molecule has 2 aromatic heterocycles. The molecule has 2 heterocycles. The Morgan fingerprint density at radius 1 is 1.38 bits per heavy atom. The number of nitrogens with zero attached hydrogens (tertiary/aromatic N) is 2. The molecule has 0 amide bonds. The highest BCUT2D eigenvalue weighted by molar-refractivity contribution is 5.56. The second-order valence-electron chi connectivity index (χ2n) is 2.40. The highest BCUT2D eigenvalue weighted by atomic mass is 19.1. The van der Waals surface area contributed by atoms with E-state index in [1.807, 2.05) is 0 Å². The maximum Gasteiger partial charge on any atom is 0.194 e. The summed E-state index contributed by atoms with van der Waals surface area (Å²) in [4.78, 5) is 7.22. The molecule has 0 fully saturated rings. The highest BCUT2D eigenvalue weighted by Gasteiger charge is 2.12. The third-order valence-electron chi connectivity index (χ3n) is 1.57. The summed E-state index contributed by atoms with van der Waals surface area (Å²) in [6.07, 6.45) is 2.63. The van der Waals surface area contributed by atoms with Crippen molar-refractivity contribution in [2.45, 2.75) is 0 Å². The van der Waals surface area contributed by atoms with Crippen LogP contribution >= 0.6 is 0 Å². The molecular formula is C8H6FN3O. The minimum Gasteiger partial charge on any atom is -0.463 e. The van der Waals surface area contributed by atoms with Crippen molar-refractivity contribution >= 4 is 5.82 Å². The first kappa shape index (κ1) is 7.72. The molecule has 2 rings (SSSR count). The minimum atomic E-state index is -0.655. The number of anilines is 1. The SMILES string of the molecule is Nc1ncnc(-c2ccco2)c1F. The summed E-state index contributed by atoms with van der Waals surface area (Å²) >= 11 is 0. The summed E-state index contributed by atoms with van der Waals surface area (Å²) < 4.78 is 18.2. The normalized spacial score (nSPS) is 10.2. The second kappa shape index (κ2) is 2.85. The lowest BCUT2D eigenvalue weighted by molar-refractivity contribution is 0.564. The van der Waals surface area contributed by atoms with Gasteiger partial charge in [0.05, 0.1) is 6.26 Å². The Bertz CT molecular complexity index is 413. The van der Waals surface area contributed by atoms with Gasteiger partial charge in [0, 0.05) is 0 Å².